The van der Waals surface area contributed by atoms with Crippen LogP contribution in [-0.2, 0) is 4.74 Å². The van der Waals surface area contributed by atoms with Crippen LogP contribution in [0.1, 0.15) is 37.5 Å². The summed E-state index contributed by atoms with van der Waals surface area (Å²) in [5.74, 6) is 0.940. The highest BCUT2D eigenvalue weighted by atomic mass is 16.5. The largest absolute Gasteiger partial charge is 0.467 e. The van der Waals surface area contributed by atoms with Crippen LogP contribution in [0.15, 0.2) is 22.8 Å². The Bertz CT molecular complexity index is 304. The first-order valence-electron chi connectivity index (χ1n) is 5.78. The van der Waals surface area contributed by atoms with Gasteiger partial charge in [-0.2, -0.15) is 0 Å². The third-order valence-electron chi connectivity index (χ3n) is 3.64. The van der Waals surface area contributed by atoms with Crippen molar-refractivity contribution in [2.75, 3.05) is 13.2 Å². The molecule has 0 bridgehead atoms. The van der Waals surface area contributed by atoms with Crippen molar-refractivity contribution in [3.63, 3.8) is 0 Å². The summed E-state index contributed by atoms with van der Waals surface area (Å²) in [4.78, 5) is 0. The molecule has 0 radical (unpaired) electrons. The maximum absolute atomic E-state index is 5.90. The van der Waals surface area contributed by atoms with Gasteiger partial charge in [-0.05, 0) is 25.0 Å². The first-order valence-corrected chi connectivity index (χ1v) is 5.78. The second-order valence-corrected chi connectivity index (χ2v) is 4.68. The Balaban J connectivity index is 1.65. The lowest BCUT2D eigenvalue weighted by Crippen LogP contribution is -2.53. The molecule has 1 aliphatic carbocycles. The van der Waals surface area contributed by atoms with E-state index in [-0.39, 0.29) is 11.6 Å². The third kappa shape index (κ3) is 1.70. The van der Waals surface area contributed by atoms with Crippen molar-refractivity contribution in [1.82, 2.24) is 5.32 Å². The van der Waals surface area contributed by atoms with E-state index in [0.29, 0.717) is 0 Å². The van der Waals surface area contributed by atoms with Crippen LogP contribution < -0.4 is 5.32 Å². The van der Waals surface area contributed by atoms with E-state index in [2.05, 4.69) is 5.32 Å². The normalized spacial score (nSPS) is 29.7. The van der Waals surface area contributed by atoms with Crippen molar-refractivity contribution >= 4 is 0 Å². The molecule has 1 saturated carbocycles. The highest BCUT2D eigenvalue weighted by Gasteiger charge is 2.38. The lowest BCUT2D eigenvalue weighted by atomic mass is 9.96. The molecule has 1 aromatic heterocycles. The van der Waals surface area contributed by atoms with Gasteiger partial charge in [0.05, 0.1) is 12.9 Å². The van der Waals surface area contributed by atoms with Gasteiger partial charge in [0.2, 0.25) is 0 Å². The smallest absolute Gasteiger partial charge is 0.133 e. The average Bonchev–Trinajstić information content (AvgIpc) is 2.91. The van der Waals surface area contributed by atoms with Crippen LogP contribution >= 0.6 is 0 Å². The van der Waals surface area contributed by atoms with Gasteiger partial charge in [-0.1, -0.05) is 12.8 Å². The monoisotopic (exact) mass is 207 g/mol. The van der Waals surface area contributed by atoms with Crippen molar-refractivity contribution in [2.24, 2.45) is 0 Å². The Morgan fingerprint density at radius 1 is 1.33 bits per heavy atom. The molecule has 1 unspecified atom stereocenters. The minimum absolute atomic E-state index is 0.103. The van der Waals surface area contributed by atoms with Crippen molar-refractivity contribution in [3.8, 4) is 0 Å². The summed E-state index contributed by atoms with van der Waals surface area (Å²) in [6.45, 7) is 1.71. The maximum Gasteiger partial charge on any atom is 0.133 e. The Morgan fingerprint density at radius 3 is 2.80 bits per heavy atom. The van der Waals surface area contributed by atoms with Crippen molar-refractivity contribution < 1.29 is 9.15 Å². The fourth-order valence-electron chi connectivity index (χ4n) is 2.71. The molecule has 1 aromatic rings. The summed E-state index contributed by atoms with van der Waals surface area (Å²) in [6.07, 6.45) is 7.00. The Hall–Kier alpha value is -0.800. The summed E-state index contributed by atoms with van der Waals surface area (Å²) < 4.78 is 11.3. The second-order valence-electron chi connectivity index (χ2n) is 4.68. The fraction of sp³-hybridized carbons (Fsp3) is 0.667. The number of hydrogen-bond acceptors (Lipinski definition) is 3. The van der Waals surface area contributed by atoms with Crippen LogP contribution in [0.25, 0.3) is 0 Å². The number of morpholine rings is 1. The number of furan rings is 1. The zero-order valence-electron chi connectivity index (χ0n) is 8.87. The van der Waals surface area contributed by atoms with Gasteiger partial charge < -0.3 is 14.5 Å². The summed E-state index contributed by atoms with van der Waals surface area (Å²) in [7, 11) is 0. The van der Waals surface area contributed by atoms with E-state index in [1.807, 2.05) is 12.1 Å². The maximum atomic E-state index is 5.90. The van der Waals surface area contributed by atoms with Crippen LogP contribution in [0, 0.1) is 0 Å². The molecule has 3 nitrogen and oxygen atoms in total. The van der Waals surface area contributed by atoms with Crippen molar-refractivity contribution in [2.45, 2.75) is 37.3 Å². The van der Waals surface area contributed by atoms with Gasteiger partial charge in [-0.15, -0.1) is 0 Å². The minimum atomic E-state index is 0.103. The lowest BCUT2D eigenvalue weighted by molar-refractivity contribution is -0.0419. The second kappa shape index (κ2) is 3.65. The summed E-state index contributed by atoms with van der Waals surface area (Å²) >= 11 is 0. The lowest BCUT2D eigenvalue weighted by Gasteiger charge is -2.37. The van der Waals surface area contributed by atoms with Crippen LogP contribution in [0.3, 0.4) is 0 Å². The predicted octanol–water partition coefficient (Wildman–Crippen LogP) is 2.25. The summed E-state index contributed by atoms with van der Waals surface area (Å²) in [5.41, 5.74) is 0.281. The van der Waals surface area contributed by atoms with Crippen LogP contribution in [-0.4, -0.2) is 18.7 Å². The number of hydrogen-bond donors (Lipinski definition) is 1. The molecule has 2 fully saturated rings. The van der Waals surface area contributed by atoms with Gasteiger partial charge in [0, 0.05) is 12.1 Å². The standard InChI is InChI=1S/C12H17NO2/c1-2-6-12(5-1)9-15-11(8-13-12)10-4-3-7-14-10/h3-4,7,11,13H,1-2,5-6,8-9H2. The molecule has 1 aliphatic heterocycles. The Kier molecular flexibility index (Phi) is 2.29. The topological polar surface area (TPSA) is 34.4 Å². The Morgan fingerprint density at radius 2 is 2.20 bits per heavy atom. The number of nitrogens with one attached hydrogen (secondary N) is 1. The quantitative estimate of drug-likeness (QED) is 0.767. The molecule has 1 atom stereocenters. The first kappa shape index (κ1) is 9.43. The number of ether oxygens (including phenoxy) is 1. The van der Waals surface area contributed by atoms with E-state index in [0.717, 1.165) is 18.9 Å². The molecule has 2 heterocycles. The van der Waals surface area contributed by atoms with Gasteiger partial charge in [-0.25, -0.2) is 0 Å². The molecule has 15 heavy (non-hydrogen) atoms. The first-order chi connectivity index (χ1) is 7.38. The zero-order chi connectivity index (χ0) is 10.1. The molecule has 1 N–H and O–H groups in total. The Labute approximate surface area is 89.8 Å². The highest BCUT2D eigenvalue weighted by Crippen LogP contribution is 2.34. The molecule has 82 valence electrons. The van der Waals surface area contributed by atoms with Crippen LogP contribution in [0.2, 0.25) is 0 Å². The van der Waals surface area contributed by atoms with E-state index in [4.69, 9.17) is 9.15 Å². The van der Waals surface area contributed by atoms with Gasteiger partial charge >= 0.3 is 0 Å². The molecule has 0 amide bonds. The van der Waals surface area contributed by atoms with E-state index < -0.39 is 0 Å². The fourth-order valence-corrected chi connectivity index (χ4v) is 2.71. The van der Waals surface area contributed by atoms with E-state index >= 15 is 0 Å². The van der Waals surface area contributed by atoms with Gasteiger partial charge in [0.25, 0.3) is 0 Å². The van der Waals surface area contributed by atoms with Crippen molar-refractivity contribution in [1.29, 1.82) is 0 Å². The number of rotatable bonds is 1. The molecule has 0 aromatic carbocycles. The zero-order valence-corrected chi connectivity index (χ0v) is 8.87. The highest BCUT2D eigenvalue weighted by molar-refractivity contribution is 5.06. The molecule has 2 aliphatic rings. The molecular weight excluding hydrogens is 190 g/mol. The SMILES string of the molecule is c1coc(C2CNC3(CCCC3)CO2)c1. The summed E-state index contributed by atoms with van der Waals surface area (Å²) in [5, 5.41) is 3.65. The van der Waals surface area contributed by atoms with Crippen molar-refractivity contribution in [3.05, 3.63) is 24.2 Å². The van der Waals surface area contributed by atoms with E-state index in [9.17, 15) is 0 Å². The molecule has 1 spiro atoms. The summed E-state index contributed by atoms with van der Waals surface area (Å²) in [6, 6.07) is 3.90. The van der Waals surface area contributed by atoms with Crippen LogP contribution in [0.4, 0.5) is 0 Å². The molecule has 1 saturated heterocycles. The van der Waals surface area contributed by atoms with Crippen LogP contribution in [0.5, 0.6) is 0 Å². The van der Waals surface area contributed by atoms with Gasteiger partial charge in [-0.3, -0.25) is 0 Å². The average molecular weight is 207 g/mol. The van der Waals surface area contributed by atoms with Gasteiger partial charge in [0.15, 0.2) is 0 Å². The molecular formula is C12H17NO2. The van der Waals surface area contributed by atoms with E-state index in [1.165, 1.54) is 25.7 Å². The predicted molar refractivity (Wildman–Crippen MR) is 56.6 cm³/mol. The molecule has 3 rings (SSSR count). The minimum Gasteiger partial charge on any atom is -0.467 e. The molecule has 3 heteroatoms. The van der Waals surface area contributed by atoms with E-state index in [1.54, 1.807) is 6.26 Å². The third-order valence-corrected chi connectivity index (χ3v) is 3.64. The van der Waals surface area contributed by atoms with Gasteiger partial charge in [0.1, 0.15) is 11.9 Å².